The van der Waals surface area contributed by atoms with Crippen molar-refractivity contribution >= 4 is 21.9 Å². The molecule has 2 nitrogen and oxygen atoms in total. The van der Waals surface area contributed by atoms with Crippen molar-refractivity contribution in [2.45, 2.75) is 86.8 Å². The number of nitrogens with zero attached hydrogens (tertiary/aromatic N) is 1. The number of hydrogen-bond acceptors (Lipinski definition) is 2. The van der Waals surface area contributed by atoms with Gasteiger partial charge in [0.15, 0.2) is 0 Å². The molecule has 0 saturated heterocycles. The molecule has 0 bridgehead atoms. The van der Waals surface area contributed by atoms with Crippen molar-refractivity contribution in [3.05, 3.63) is 136 Å². The molecular weight excluding hydrogens is 619 g/mol. The number of para-hydroxylation sites is 1. The molecule has 1 saturated carbocycles. The van der Waals surface area contributed by atoms with Crippen molar-refractivity contribution in [3.8, 4) is 44.6 Å². The SMILES string of the molecule is [2H]C([2H])([2H])c1cc(C)c2c(c1)oc1c(-c3cc(-c4c(C)cc(-c5ccc(-c6ccc(C7([2H])CCC(C)(C)CC7)cc6C)cc5)cc4C([2H])([2H])[2H])c(C([2H])([2H])[2H])cn3)cccc12. The van der Waals surface area contributed by atoms with Crippen LogP contribution < -0.4 is 0 Å². The first-order valence-electron chi connectivity index (χ1n) is 22.8. The normalized spacial score (nSPS) is 19.1. The predicted octanol–water partition coefficient (Wildman–Crippen LogP) is 14.2. The second-order valence-electron chi connectivity index (χ2n) is 15.2. The Balaban J connectivity index is 1.20. The molecule has 0 atom stereocenters. The second-order valence-corrected chi connectivity index (χ2v) is 15.2. The Hall–Kier alpha value is -4.95. The molecule has 2 heteroatoms. The van der Waals surface area contributed by atoms with Gasteiger partial charge in [0, 0.05) is 36.2 Å². The van der Waals surface area contributed by atoms with E-state index in [1.165, 1.54) is 12.3 Å². The molecule has 1 aliphatic rings. The Morgan fingerprint density at radius 2 is 1.45 bits per heavy atom. The van der Waals surface area contributed by atoms with E-state index in [1.54, 1.807) is 31.2 Å². The fourth-order valence-electron chi connectivity index (χ4n) is 8.02. The summed E-state index contributed by atoms with van der Waals surface area (Å²) in [5.41, 5.74) is 9.77. The lowest BCUT2D eigenvalue weighted by Gasteiger charge is -2.34. The van der Waals surface area contributed by atoms with E-state index in [1.807, 2.05) is 49.4 Å². The molecule has 0 unspecified atom stereocenters. The van der Waals surface area contributed by atoms with Crippen LogP contribution in [0.1, 0.15) is 98.1 Å². The molecule has 1 fully saturated rings. The van der Waals surface area contributed by atoms with Crippen LogP contribution >= 0.6 is 0 Å². The summed E-state index contributed by atoms with van der Waals surface area (Å²) >= 11 is 0. The van der Waals surface area contributed by atoms with Crippen molar-refractivity contribution in [1.82, 2.24) is 4.98 Å². The van der Waals surface area contributed by atoms with E-state index < -0.39 is 26.4 Å². The zero-order chi connectivity index (χ0) is 44.0. The Labute approximate surface area is 317 Å². The van der Waals surface area contributed by atoms with E-state index in [9.17, 15) is 1.37 Å². The third-order valence-electron chi connectivity index (χ3n) is 11.0. The Bertz CT molecular complexity index is 2830. The van der Waals surface area contributed by atoms with Gasteiger partial charge in [-0.3, -0.25) is 4.98 Å². The van der Waals surface area contributed by atoms with E-state index in [0.717, 1.165) is 69.8 Å². The summed E-state index contributed by atoms with van der Waals surface area (Å²) in [5, 5.41) is 1.51. The van der Waals surface area contributed by atoms with Crippen LogP contribution in [0.2, 0.25) is 0 Å². The highest BCUT2D eigenvalue weighted by molar-refractivity contribution is 6.11. The third kappa shape index (κ3) is 6.09. The van der Waals surface area contributed by atoms with Gasteiger partial charge in [0.2, 0.25) is 0 Å². The molecule has 0 amide bonds. The van der Waals surface area contributed by atoms with Gasteiger partial charge in [0.25, 0.3) is 0 Å². The van der Waals surface area contributed by atoms with E-state index >= 15 is 0 Å². The van der Waals surface area contributed by atoms with Gasteiger partial charge < -0.3 is 4.42 Å². The summed E-state index contributed by atoms with van der Waals surface area (Å²) in [6.07, 6.45) is 5.06. The lowest BCUT2D eigenvalue weighted by molar-refractivity contribution is 0.224. The lowest BCUT2D eigenvalue weighted by Crippen LogP contribution is -2.20. The zero-order valence-corrected chi connectivity index (χ0v) is 29.9. The van der Waals surface area contributed by atoms with Crippen LogP contribution in [0, 0.1) is 46.7 Å². The largest absolute Gasteiger partial charge is 0.455 e. The van der Waals surface area contributed by atoms with Crippen molar-refractivity contribution in [3.63, 3.8) is 0 Å². The Kier molecular flexibility index (Phi) is 5.84. The van der Waals surface area contributed by atoms with Crippen molar-refractivity contribution in [1.29, 1.82) is 0 Å². The molecule has 8 rings (SSSR count). The Morgan fingerprint density at radius 3 is 2.20 bits per heavy atom. The van der Waals surface area contributed by atoms with Gasteiger partial charge in [-0.25, -0.2) is 0 Å². The molecule has 0 aliphatic heterocycles. The maximum atomic E-state index is 9.26. The van der Waals surface area contributed by atoms with Crippen LogP contribution in [0.5, 0.6) is 0 Å². The second kappa shape index (κ2) is 12.7. The molecule has 5 aromatic carbocycles. The molecule has 0 radical (unpaired) electrons. The van der Waals surface area contributed by atoms with Crippen LogP contribution in [0.4, 0.5) is 0 Å². The molecule has 2 aromatic heterocycles. The number of aryl methyl sites for hydroxylation is 6. The van der Waals surface area contributed by atoms with E-state index in [-0.39, 0.29) is 27.7 Å². The number of rotatable bonds is 5. The van der Waals surface area contributed by atoms with Crippen molar-refractivity contribution < 1.29 is 18.1 Å². The van der Waals surface area contributed by atoms with Crippen LogP contribution in [-0.4, -0.2) is 4.98 Å². The molecular formula is C49H49NO. The summed E-state index contributed by atoms with van der Waals surface area (Å²) in [6.45, 7) is 2.74. The van der Waals surface area contributed by atoms with Gasteiger partial charge >= 0.3 is 0 Å². The van der Waals surface area contributed by atoms with Crippen LogP contribution in [0.25, 0.3) is 66.6 Å². The number of hydrogen-bond donors (Lipinski definition) is 0. The number of pyridine rings is 1. The van der Waals surface area contributed by atoms with Gasteiger partial charge in [-0.1, -0.05) is 86.6 Å². The van der Waals surface area contributed by atoms with Gasteiger partial charge in [0.1, 0.15) is 11.2 Å². The molecule has 51 heavy (non-hydrogen) atoms. The summed E-state index contributed by atoms with van der Waals surface area (Å²) in [5.74, 6) is -0.577. The van der Waals surface area contributed by atoms with Gasteiger partial charge in [-0.2, -0.15) is 0 Å². The highest BCUT2D eigenvalue weighted by Gasteiger charge is 2.28. The predicted molar refractivity (Wildman–Crippen MR) is 217 cm³/mol. The number of fused-ring (bicyclic) bond motifs is 3. The number of aromatic nitrogens is 1. The number of furan rings is 1. The maximum Gasteiger partial charge on any atom is 0.144 e. The van der Waals surface area contributed by atoms with Crippen LogP contribution in [0.15, 0.2) is 102 Å². The fourth-order valence-corrected chi connectivity index (χ4v) is 8.02. The first-order chi connectivity index (χ1) is 28.4. The lowest BCUT2D eigenvalue weighted by atomic mass is 9.71. The maximum absolute atomic E-state index is 9.26. The van der Waals surface area contributed by atoms with Crippen molar-refractivity contribution in [2.75, 3.05) is 0 Å². The van der Waals surface area contributed by atoms with Gasteiger partial charge in [-0.05, 0) is 169 Å². The first kappa shape index (κ1) is 23.5. The summed E-state index contributed by atoms with van der Waals surface area (Å²) in [7, 11) is 0. The molecule has 2 heterocycles. The minimum atomic E-state index is -2.62. The molecule has 7 aromatic rings. The third-order valence-corrected chi connectivity index (χ3v) is 11.0. The molecule has 256 valence electrons. The first-order valence-corrected chi connectivity index (χ1v) is 17.8. The van der Waals surface area contributed by atoms with Crippen LogP contribution in [0.3, 0.4) is 0 Å². The highest BCUT2D eigenvalue weighted by Crippen LogP contribution is 2.44. The molecule has 0 N–H and O–H groups in total. The Morgan fingerprint density at radius 1 is 0.686 bits per heavy atom. The standard InChI is InChI=1S/C49H49NO/c1-29-22-31(3)47-42-11-9-10-41(48(42)51-45(47)23-29)44-27-43(34(6)28-50-44)46-32(4)25-39(26-33(46)5)35-12-14-37(15-13-35)40-17-16-38(24-30(40)2)36-18-20-49(7,8)21-19-36/h9-17,22-28,36H,18-21H2,1-8H3/i1D3,4D3,6D3,36D. The fraction of sp³-hybridized carbons (Fsp3) is 0.286. The van der Waals surface area contributed by atoms with Crippen molar-refractivity contribution in [2.24, 2.45) is 5.41 Å². The minimum Gasteiger partial charge on any atom is -0.455 e. The van der Waals surface area contributed by atoms with E-state index in [4.69, 9.17) is 16.8 Å². The van der Waals surface area contributed by atoms with E-state index in [0.29, 0.717) is 39.1 Å². The van der Waals surface area contributed by atoms with Gasteiger partial charge in [-0.15, -0.1) is 0 Å². The highest BCUT2D eigenvalue weighted by atomic mass is 16.3. The van der Waals surface area contributed by atoms with Crippen LogP contribution in [-0.2, 0) is 0 Å². The molecule has 0 spiro atoms. The molecule has 1 aliphatic carbocycles. The summed E-state index contributed by atoms with van der Waals surface area (Å²) in [4.78, 5) is 4.60. The average Bonchev–Trinajstić information content (AvgIpc) is 3.57. The average molecular weight is 678 g/mol. The summed E-state index contributed by atoms with van der Waals surface area (Å²) in [6, 6.07) is 28.2. The smallest absolute Gasteiger partial charge is 0.144 e. The zero-order valence-electron chi connectivity index (χ0n) is 39.9. The topological polar surface area (TPSA) is 26.0 Å². The quantitative estimate of drug-likeness (QED) is 0.181. The minimum absolute atomic E-state index is 0.0193. The van der Waals surface area contributed by atoms with Gasteiger partial charge in [0.05, 0.1) is 5.69 Å². The summed E-state index contributed by atoms with van der Waals surface area (Å²) < 4.78 is 91.1. The number of benzene rings is 5. The monoisotopic (exact) mass is 677 g/mol. The van der Waals surface area contributed by atoms with E-state index in [2.05, 4.69) is 44.0 Å².